The van der Waals surface area contributed by atoms with Gasteiger partial charge in [0.05, 0.1) is 22.9 Å². The summed E-state index contributed by atoms with van der Waals surface area (Å²) >= 11 is 16.7. The summed E-state index contributed by atoms with van der Waals surface area (Å²) in [5.74, 6) is 0. The molecule has 0 saturated heterocycles. The number of nitrogens with zero attached hydrogens (tertiary/aromatic N) is 1. The van der Waals surface area contributed by atoms with Crippen LogP contribution >= 0.6 is 35.4 Å². The van der Waals surface area contributed by atoms with E-state index < -0.39 is 0 Å². The van der Waals surface area contributed by atoms with Crippen LogP contribution in [0.4, 0.5) is 0 Å². The molecular weight excluding hydrogens is 293 g/mol. The molecule has 18 heavy (non-hydrogen) atoms. The molecule has 0 fully saturated rings. The standard InChI is InChI=1S/C11H13Cl2N3OS/c1-17-5-4-14-11(18)16-15-7-8-2-3-9(12)10(13)6-8/h2-3,6-7H,4-5H2,1H3,(H2,14,16,18)/b15-7-. The number of thiocarbonyl (C=S) groups is 1. The van der Waals surface area contributed by atoms with Crippen molar-refractivity contribution < 1.29 is 4.74 Å². The summed E-state index contributed by atoms with van der Waals surface area (Å²) in [6, 6.07) is 5.23. The van der Waals surface area contributed by atoms with E-state index in [0.29, 0.717) is 28.3 Å². The predicted octanol–water partition coefficient (Wildman–Crippen LogP) is 2.44. The molecule has 1 rings (SSSR count). The van der Waals surface area contributed by atoms with Crippen molar-refractivity contribution >= 4 is 46.7 Å². The molecule has 0 aromatic heterocycles. The van der Waals surface area contributed by atoms with Crippen LogP contribution in [0.25, 0.3) is 0 Å². The third kappa shape index (κ3) is 5.64. The highest BCUT2D eigenvalue weighted by Crippen LogP contribution is 2.21. The maximum absolute atomic E-state index is 5.87. The van der Waals surface area contributed by atoms with Gasteiger partial charge in [0, 0.05) is 13.7 Å². The highest BCUT2D eigenvalue weighted by molar-refractivity contribution is 7.80. The molecule has 0 radical (unpaired) electrons. The van der Waals surface area contributed by atoms with Gasteiger partial charge < -0.3 is 10.1 Å². The fourth-order valence-corrected chi connectivity index (χ4v) is 1.53. The van der Waals surface area contributed by atoms with Crippen LogP contribution in [-0.2, 0) is 4.74 Å². The maximum Gasteiger partial charge on any atom is 0.187 e. The average molecular weight is 306 g/mol. The van der Waals surface area contributed by atoms with E-state index >= 15 is 0 Å². The largest absolute Gasteiger partial charge is 0.383 e. The van der Waals surface area contributed by atoms with Crippen LogP contribution in [0.2, 0.25) is 10.0 Å². The Morgan fingerprint density at radius 3 is 2.89 bits per heavy atom. The van der Waals surface area contributed by atoms with E-state index in [2.05, 4.69) is 15.8 Å². The summed E-state index contributed by atoms with van der Waals surface area (Å²) in [5, 5.41) is 8.33. The molecule has 0 bridgehead atoms. The van der Waals surface area contributed by atoms with Gasteiger partial charge in [-0.1, -0.05) is 29.3 Å². The average Bonchev–Trinajstić information content (AvgIpc) is 2.34. The number of methoxy groups -OCH3 is 1. The highest BCUT2D eigenvalue weighted by Gasteiger charge is 1.97. The first-order chi connectivity index (χ1) is 8.63. The van der Waals surface area contributed by atoms with Gasteiger partial charge in [-0.25, -0.2) is 0 Å². The molecule has 2 N–H and O–H groups in total. The predicted molar refractivity (Wildman–Crippen MR) is 79.7 cm³/mol. The van der Waals surface area contributed by atoms with Gasteiger partial charge in [0.1, 0.15) is 0 Å². The Bertz CT molecular complexity index is 440. The molecule has 4 nitrogen and oxygen atoms in total. The zero-order chi connectivity index (χ0) is 13.4. The van der Waals surface area contributed by atoms with E-state index in [1.165, 1.54) is 0 Å². The van der Waals surface area contributed by atoms with Gasteiger partial charge in [-0.05, 0) is 29.9 Å². The van der Waals surface area contributed by atoms with Crippen molar-refractivity contribution in [1.82, 2.24) is 10.7 Å². The van der Waals surface area contributed by atoms with E-state index in [4.69, 9.17) is 40.2 Å². The molecule has 0 unspecified atom stereocenters. The van der Waals surface area contributed by atoms with Gasteiger partial charge in [-0.3, -0.25) is 5.43 Å². The molecule has 0 spiro atoms. The molecule has 0 aliphatic heterocycles. The number of benzene rings is 1. The monoisotopic (exact) mass is 305 g/mol. The van der Waals surface area contributed by atoms with Crippen LogP contribution in [0, 0.1) is 0 Å². The summed E-state index contributed by atoms with van der Waals surface area (Å²) in [4.78, 5) is 0. The molecular formula is C11H13Cl2N3OS. The van der Waals surface area contributed by atoms with Crippen LogP contribution in [0.5, 0.6) is 0 Å². The molecule has 0 saturated carbocycles. The van der Waals surface area contributed by atoms with Crippen LogP contribution in [0.1, 0.15) is 5.56 Å². The number of rotatable bonds is 5. The van der Waals surface area contributed by atoms with Gasteiger partial charge in [-0.2, -0.15) is 5.10 Å². The number of hydrazone groups is 1. The summed E-state index contributed by atoms with van der Waals surface area (Å²) in [6.07, 6.45) is 1.60. The van der Waals surface area contributed by atoms with Crippen LogP contribution in [0.3, 0.4) is 0 Å². The minimum atomic E-state index is 0.434. The summed E-state index contributed by atoms with van der Waals surface area (Å²) in [5.41, 5.74) is 3.51. The number of nitrogens with one attached hydrogen (secondary N) is 2. The van der Waals surface area contributed by atoms with Crippen LogP contribution in [0.15, 0.2) is 23.3 Å². The maximum atomic E-state index is 5.87. The molecule has 0 aliphatic carbocycles. The summed E-state index contributed by atoms with van der Waals surface area (Å²) in [7, 11) is 1.63. The van der Waals surface area contributed by atoms with Crippen molar-refractivity contribution in [1.29, 1.82) is 0 Å². The Kier molecular flexibility index (Phi) is 6.97. The third-order valence-corrected chi connectivity index (χ3v) is 2.89. The van der Waals surface area contributed by atoms with Crippen LogP contribution < -0.4 is 10.7 Å². The van der Waals surface area contributed by atoms with E-state index in [9.17, 15) is 0 Å². The minimum absolute atomic E-state index is 0.434. The van der Waals surface area contributed by atoms with Crippen molar-refractivity contribution in [2.45, 2.75) is 0 Å². The molecule has 1 aromatic carbocycles. The van der Waals surface area contributed by atoms with E-state index in [-0.39, 0.29) is 0 Å². The molecule has 7 heteroatoms. The zero-order valence-corrected chi connectivity index (χ0v) is 12.1. The summed E-state index contributed by atoms with van der Waals surface area (Å²) in [6.45, 7) is 1.21. The SMILES string of the molecule is COCCNC(=S)N/N=C\c1ccc(Cl)c(Cl)c1. The first kappa shape index (κ1) is 15.2. The Hall–Kier alpha value is -0.880. The Balaban J connectivity index is 2.40. The lowest BCUT2D eigenvalue weighted by Gasteiger charge is -2.05. The summed E-state index contributed by atoms with van der Waals surface area (Å²) < 4.78 is 4.87. The van der Waals surface area contributed by atoms with Gasteiger partial charge in [0.25, 0.3) is 0 Å². The second-order valence-corrected chi connectivity index (χ2v) is 4.51. The zero-order valence-electron chi connectivity index (χ0n) is 9.74. The number of hydrogen-bond acceptors (Lipinski definition) is 3. The van der Waals surface area contributed by atoms with Crippen LogP contribution in [-0.4, -0.2) is 31.6 Å². The van der Waals surface area contributed by atoms with E-state index in [0.717, 1.165) is 5.56 Å². The fraction of sp³-hybridized carbons (Fsp3) is 0.273. The fourth-order valence-electron chi connectivity index (χ4n) is 1.06. The number of halogens is 2. The highest BCUT2D eigenvalue weighted by atomic mass is 35.5. The number of hydrogen-bond donors (Lipinski definition) is 2. The quantitative estimate of drug-likeness (QED) is 0.380. The molecule has 1 aromatic rings. The molecule has 0 amide bonds. The van der Waals surface area contributed by atoms with Crippen molar-refractivity contribution in [3.05, 3.63) is 33.8 Å². The van der Waals surface area contributed by atoms with Gasteiger partial charge >= 0.3 is 0 Å². The topological polar surface area (TPSA) is 45.6 Å². The third-order valence-electron chi connectivity index (χ3n) is 1.92. The number of ether oxygens (including phenoxy) is 1. The molecule has 0 heterocycles. The molecule has 0 aliphatic rings. The van der Waals surface area contributed by atoms with Crippen molar-refractivity contribution in [2.75, 3.05) is 20.3 Å². The van der Waals surface area contributed by atoms with Crippen molar-refractivity contribution in [2.24, 2.45) is 5.10 Å². The first-order valence-electron chi connectivity index (χ1n) is 5.14. The Morgan fingerprint density at radius 2 is 2.22 bits per heavy atom. The molecule has 98 valence electrons. The lowest BCUT2D eigenvalue weighted by atomic mass is 10.2. The lowest BCUT2D eigenvalue weighted by Crippen LogP contribution is -2.34. The normalized spacial score (nSPS) is 10.6. The van der Waals surface area contributed by atoms with Crippen molar-refractivity contribution in [3.8, 4) is 0 Å². The van der Waals surface area contributed by atoms with E-state index in [1.54, 1.807) is 31.5 Å². The lowest BCUT2D eigenvalue weighted by molar-refractivity contribution is 0.204. The smallest absolute Gasteiger partial charge is 0.187 e. The van der Waals surface area contributed by atoms with Crippen molar-refractivity contribution in [3.63, 3.8) is 0 Å². The minimum Gasteiger partial charge on any atom is -0.383 e. The van der Waals surface area contributed by atoms with E-state index in [1.807, 2.05) is 0 Å². The Labute approximate surface area is 121 Å². The second-order valence-electron chi connectivity index (χ2n) is 3.29. The van der Waals surface area contributed by atoms with Gasteiger partial charge in [-0.15, -0.1) is 0 Å². The first-order valence-corrected chi connectivity index (χ1v) is 6.31. The van der Waals surface area contributed by atoms with Gasteiger partial charge in [0.15, 0.2) is 5.11 Å². The Morgan fingerprint density at radius 1 is 1.44 bits per heavy atom. The van der Waals surface area contributed by atoms with Gasteiger partial charge in [0.2, 0.25) is 0 Å². The second kappa shape index (κ2) is 8.26. The molecule has 0 atom stereocenters.